The summed E-state index contributed by atoms with van der Waals surface area (Å²) in [6, 6.07) is 18.0. The van der Waals surface area contributed by atoms with Gasteiger partial charge in [0.1, 0.15) is 24.5 Å². The van der Waals surface area contributed by atoms with Crippen LogP contribution in [0, 0.1) is 0 Å². The van der Waals surface area contributed by atoms with E-state index >= 15 is 0 Å². The van der Waals surface area contributed by atoms with E-state index in [9.17, 15) is 9.59 Å². The quantitative estimate of drug-likeness (QED) is 0.468. The van der Waals surface area contributed by atoms with Gasteiger partial charge >= 0.3 is 5.97 Å². The van der Waals surface area contributed by atoms with Gasteiger partial charge in [-0.15, -0.1) is 11.3 Å². The predicted molar refractivity (Wildman–Crippen MR) is 106 cm³/mol. The lowest BCUT2D eigenvalue weighted by Crippen LogP contribution is -2.15. The Labute approximate surface area is 164 Å². The van der Waals surface area contributed by atoms with Gasteiger partial charge in [-0.25, -0.2) is 9.78 Å². The summed E-state index contributed by atoms with van der Waals surface area (Å²) in [4.78, 5) is 29.4. The third-order valence-electron chi connectivity index (χ3n) is 4.05. The average molecular weight is 392 g/mol. The number of ether oxygens (including phenoxy) is 2. The molecule has 0 fully saturated rings. The second-order valence-electron chi connectivity index (χ2n) is 5.99. The van der Waals surface area contributed by atoms with Crippen LogP contribution in [0.5, 0.6) is 5.75 Å². The molecule has 28 heavy (non-hydrogen) atoms. The smallest absolute Gasteiger partial charge is 0.342 e. The third kappa shape index (κ3) is 3.94. The number of para-hydroxylation sites is 1. The van der Waals surface area contributed by atoms with Gasteiger partial charge in [0.2, 0.25) is 0 Å². The van der Waals surface area contributed by atoms with E-state index in [0.717, 1.165) is 5.56 Å². The van der Waals surface area contributed by atoms with Gasteiger partial charge in [-0.1, -0.05) is 42.5 Å². The van der Waals surface area contributed by atoms with Gasteiger partial charge < -0.3 is 9.47 Å². The summed E-state index contributed by atoms with van der Waals surface area (Å²) in [5, 5.41) is 1.78. The van der Waals surface area contributed by atoms with Crippen molar-refractivity contribution in [2.24, 2.45) is 0 Å². The van der Waals surface area contributed by atoms with Crippen LogP contribution in [0.4, 0.5) is 0 Å². The van der Waals surface area contributed by atoms with Crippen molar-refractivity contribution in [2.45, 2.75) is 13.2 Å². The van der Waals surface area contributed by atoms with Crippen LogP contribution < -0.4 is 10.3 Å². The molecule has 0 aliphatic heterocycles. The molecule has 0 aliphatic rings. The molecule has 7 heteroatoms. The Morgan fingerprint density at radius 1 is 1.04 bits per heavy atom. The Bertz CT molecular complexity index is 1170. The molecule has 2 aromatic heterocycles. The molecule has 6 nitrogen and oxygen atoms in total. The number of hydrogen-bond donors (Lipinski definition) is 0. The van der Waals surface area contributed by atoms with Crippen LogP contribution >= 0.6 is 11.3 Å². The highest BCUT2D eigenvalue weighted by molar-refractivity contribution is 7.15. The first-order valence-corrected chi connectivity index (χ1v) is 9.47. The molecule has 0 saturated heterocycles. The molecule has 0 spiro atoms. The molecule has 0 atom stereocenters. The van der Waals surface area contributed by atoms with Crippen molar-refractivity contribution < 1.29 is 14.3 Å². The van der Waals surface area contributed by atoms with E-state index in [1.165, 1.54) is 21.8 Å². The molecule has 0 amide bonds. The molecule has 2 heterocycles. The van der Waals surface area contributed by atoms with Crippen LogP contribution in [0.25, 0.3) is 4.96 Å². The van der Waals surface area contributed by atoms with Crippen molar-refractivity contribution in [3.8, 4) is 5.75 Å². The maximum absolute atomic E-state index is 12.5. The monoisotopic (exact) mass is 392 g/mol. The Balaban J connectivity index is 1.46. The zero-order valence-corrected chi connectivity index (χ0v) is 15.6. The fourth-order valence-corrected chi connectivity index (χ4v) is 3.41. The predicted octanol–water partition coefficient (Wildman–Crippen LogP) is 3.69. The lowest BCUT2D eigenvalue weighted by Gasteiger charge is -2.11. The van der Waals surface area contributed by atoms with E-state index in [4.69, 9.17) is 9.47 Å². The van der Waals surface area contributed by atoms with Crippen LogP contribution in [0.2, 0.25) is 0 Å². The zero-order valence-electron chi connectivity index (χ0n) is 14.8. The molecular weight excluding hydrogens is 376 g/mol. The van der Waals surface area contributed by atoms with Gasteiger partial charge in [-0.3, -0.25) is 9.20 Å². The minimum absolute atomic E-state index is 0.0878. The number of hydrogen-bond acceptors (Lipinski definition) is 6. The standard InChI is InChI=1S/C21H16N2O4S/c24-19-12-16(22-21-23(19)10-11-28-21)14-27-20(25)17-8-4-5-9-18(17)26-13-15-6-2-1-3-7-15/h1-12H,13-14H2. The van der Waals surface area contributed by atoms with Crippen molar-refractivity contribution in [1.29, 1.82) is 0 Å². The maximum atomic E-state index is 12.5. The molecular formula is C21H16N2O4S. The molecule has 4 aromatic rings. The van der Waals surface area contributed by atoms with Crippen molar-refractivity contribution in [1.82, 2.24) is 9.38 Å². The third-order valence-corrected chi connectivity index (χ3v) is 4.81. The van der Waals surface area contributed by atoms with Crippen LogP contribution in [0.1, 0.15) is 21.6 Å². The molecule has 0 N–H and O–H groups in total. The summed E-state index contributed by atoms with van der Waals surface area (Å²) < 4.78 is 12.6. The largest absolute Gasteiger partial charge is 0.488 e. The summed E-state index contributed by atoms with van der Waals surface area (Å²) in [5.74, 6) is -0.0880. The van der Waals surface area contributed by atoms with Gasteiger partial charge in [-0.2, -0.15) is 0 Å². The first-order valence-electron chi connectivity index (χ1n) is 8.59. The molecule has 2 aromatic carbocycles. The lowest BCUT2D eigenvalue weighted by atomic mass is 10.2. The van der Waals surface area contributed by atoms with E-state index in [2.05, 4.69) is 4.98 Å². The van der Waals surface area contributed by atoms with E-state index in [1.807, 2.05) is 30.3 Å². The van der Waals surface area contributed by atoms with Gasteiger partial charge in [0.25, 0.3) is 5.56 Å². The Morgan fingerprint density at radius 3 is 2.68 bits per heavy atom. The van der Waals surface area contributed by atoms with Gasteiger partial charge in [0.05, 0.1) is 5.69 Å². The molecule has 4 rings (SSSR count). The summed E-state index contributed by atoms with van der Waals surface area (Å²) in [6.07, 6.45) is 1.66. The summed E-state index contributed by atoms with van der Waals surface area (Å²) in [7, 11) is 0. The zero-order chi connectivity index (χ0) is 19.3. The minimum atomic E-state index is -0.531. The number of fused-ring (bicyclic) bond motifs is 1. The van der Waals surface area contributed by atoms with Gasteiger partial charge in [0.15, 0.2) is 4.96 Å². The lowest BCUT2D eigenvalue weighted by molar-refractivity contribution is 0.0462. The Morgan fingerprint density at radius 2 is 1.82 bits per heavy atom. The molecule has 0 saturated carbocycles. The second kappa shape index (κ2) is 8.06. The number of nitrogens with zero attached hydrogens (tertiary/aromatic N) is 2. The topological polar surface area (TPSA) is 69.9 Å². The molecule has 0 radical (unpaired) electrons. The van der Waals surface area contributed by atoms with Crippen molar-refractivity contribution in [2.75, 3.05) is 0 Å². The van der Waals surface area contributed by atoms with E-state index in [0.29, 0.717) is 28.6 Å². The Kier molecular flexibility index (Phi) is 5.16. The van der Waals surface area contributed by atoms with Gasteiger partial charge in [0, 0.05) is 17.6 Å². The highest BCUT2D eigenvalue weighted by Gasteiger charge is 2.15. The molecule has 140 valence electrons. The van der Waals surface area contributed by atoms with E-state index < -0.39 is 5.97 Å². The number of thiazole rings is 1. The van der Waals surface area contributed by atoms with Crippen LogP contribution in [0.15, 0.2) is 77.0 Å². The molecule has 0 bridgehead atoms. The Hall–Kier alpha value is -3.45. The SMILES string of the molecule is O=C(OCc1cc(=O)n2ccsc2n1)c1ccccc1OCc1ccccc1. The van der Waals surface area contributed by atoms with Crippen molar-refractivity contribution >= 4 is 22.3 Å². The van der Waals surface area contributed by atoms with Crippen LogP contribution in [-0.4, -0.2) is 15.4 Å². The van der Waals surface area contributed by atoms with E-state index in [-0.39, 0.29) is 12.2 Å². The average Bonchev–Trinajstić information content (AvgIpc) is 3.21. The number of carbonyl (C=O) groups excluding carboxylic acids is 1. The number of aromatic nitrogens is 2. The minimum Gasteiger partial charge on any atom is -0.488 e. The first kappa shape index (κ1) is 17.9. The fraction of sp³-hybridized carbons (Fsp3) is 0.0952. The van der Waals surface area contributed by atoms with Crippen molar-refractivity contribution in [3.63, 3.8) is 0 Å². The van der Waals surface area contributed by atoms with E-state index in [1.54, 1.807) is 35.8 Å². The van der Waals surface area contributed by atoms with Crippen molar-refractivity contribution in [3.05, 3.63) is 99.4 Å². The maximum Gasteiger partial charge on any atom is 0.342 e. The normalized spacial score (nSPS) is 10.7. The molecule has 0 unspecified atom stereocenters. The highest BCUT2D eigenvalue weighted by atomic mass is 32.1. The first-order chi connectivity index (χ1) is 13.7. The summed E-state index contributed by atoms with van der Waals surface area (Å²) >= 11 is 1.34. The van der Waals surface area contributed by atoms with Crippen LogP contribution in [0.3, 0.4) is 0 Å². The fourth-order valence-electron chi connectivity index (χ4n) is 2.68. The highest BCUT2D eigenvalue weighted by Crippen LogP contribution is 2.21. The second-order valence-corrected chi connectivity index (χ2v) is 6.86. The molecule has 0 aliphatic carbocycles. The number of carbonyl (C=O) groups is 1. The van der Waals surface area contributed by atoms with Gasteiger partial charge in [-0.05, 0) is 17.7 Å². The number of esters is 1. The number of rotatable bonds is 6. The number of benzene rings is 2. The summed E-state index contributed by atoms with van der Waals surface area (Å²) in [5.41, 5.74) is 1.53. The summed E-state index contributed by atoms with van der Waals surface area (Å²) in [6.45, 7) is 0.258. The van der Waals surface area contributed by atoms with Crippen LogP contribution in [-0.2, 0) is 18.0 Å².